The summed E-state index contributed by atoms with van der Waals surface area (Å²) in [5.41, 5.74) is 3.93. The van der Waals surface area contributed by atoms with Crippen molar-refractivity contribution in [1.82, 2.24) is 5.32 Å². The molecule has 3 nitrogen and oxygen atoms in total. The molecule has 0 heterocycles. The second kappa shape index (κ2) is 7.79. The first-order valence-corrected chi connectivity index (χ1v) is 9.14. The Labute approximate surface area is 123 Å². The summed E-state index contributed by atoms with van der Waals surface area (Å²) >= 11 is 0. The molecule has 1 unspecified atom stereocenters. The highest BCUT2D eigenvalue weighted by molar-refractivity contribution is 7.91. The van der Waals surface area contributed by atoms with E-state index in [9.17, 15) is 8.42 Å². The van der Waals surface area contributed by atoms with Gasteiger partial charge in [0, 0.05) is 11.8 Å². The van der Waals surface area contributed by atoms with Crippen LogP contribution in [0.25, 0.3) is 0 Å². The van der Waals surface area contributed by atoms with Crippen LogP contribution >= 0.6 is 0 Å². The molecule has 0 aromatic heterocycles. The predicted molar refractivity (Wildman–Crippen MR) is 86.0 cm³/mol. The Morgan fingerprint density at radius 1 is 1.20 bits per heavy atom. The van der Waals surface area contributed by atoms with Gasteiger partial charge in [0.25, 0.3) is 0 Å². The van der Waals surface area contributed by atoms with E-state index in [1.54, 1.807) is 6.92 Å². The molecule has 0 radical (unpaired) electrons. The van der Waals surface area contributed by atoms with Crippen molar-refractivity contribution in [2.75, 3.05) is 18.6 Å². The lowest BCUT2D eigenvalue weighted by Gasteiger charge is -2.17. The maximum atomic E-state index is 11.5. The van der Waals surface area contributed by atoms with Crippen molar-refractivity contribution < 1.29 is 8.42 Å². The molecule has 0 saturated heterocycles. The number of hydrogen-bond donors (Lipinski definition) is 1. The fourth-order valence-corrected chi connectivity index (χ4v) is 3.15. The van der Waals surface area contributed by atoms with Gasteiger partial charge in [0.2, 0.25) is 0 Å². The van der Waals surface area contributed by atoms with Gasteiger partial charge in [-0.2, -0.15) is 0 Å². The lowest BCUT2D eigenvalue weighted by atomic mass is 9.99. The molecule has 1 aromatic carbocycles. The number of hydrogen-bond acceptors (Lipinski definition) is 3. The van der Waals surface area contributed by atoms with Gasteiger partial charge < -0.3 is 5.32 Å². The summed E-state index contributed by atoms with van der Waals surface area (Å²) in [7, 11) is -0.892. The van der Waals surface area contributed by atoms with Gasteiger partial charge in [-0.15, -0.1) is 0 Å². The minimum Gasteiger partial charge on any atom is -0.317 e. The zero-order valence-electron chi connectivity index (χ0n) is 13.1. The second-order valence-electron chi connectivity index (χ2n) is 5.49. The van der Waals surface area contributed by atoms with E-state index in [1.165, 1.54) is 16.7 Å². The Morgan fingerprint density at radius 2 is 1.90 bits per heavy atom. The first-order valence-electron chi connectivity index (χ1n) is 7.31. The van der Waals surface area contributed by atoms with E-state index in [4.69, 9.17) is 0 Å². The largest absolute Gasteiger partial charge is 0.317 e. The molecule has 0 bridgehead atoms. The van der Waals surface area contributed by atoms with E-state index in [-0.39, 0.29) is 5.75 Å². The zero-order chi connectivity index (χ0) is 15.2. The summed E-state index contributed by atoms with van der Waals surface area (Å²) in [6, 6.07) is 6.88. The van der Waals surface area contributed by atoms with Crippen molar-refractivity contribution in [2.24, 2.45) is 0 Å². The summed E-state index contributed by atoms with van der Waals surface area (Å²) in [6.45, 7) is 5.95. The maximum Gasteiger partial charge on any atom is 0.150 e. The topological polar surface area (TPSA) is 46.2 Å². The Morgan fingerprint density at radius 3 is 2.45 bits per heavy atom. The van der Waals surface area contributed by atoms with E-state index >= 15 is 0 Å². The SMILES string of the molecule is CCS(=O)(=O)CCCC(Cc1ccc(C)c(C)c1)NC. The Balaban J connectivity index is 2.52. The number of aryl methyl sites for hydroxylation is 2. The van der Waals surface area contributed by atoms with Gasteiger partial charge in [-0.1, -0.05) is 25.1 Å². The summed E-state index contributed by atoms with van der Waals surface area (Å²) in [6.07, 6.45) is 2.57. The van der Waals surface area contributed by atoms with Crippen LogP contribution in [0, 0.1) is 13.8 Å². The van der Waals surface area contributed by atoms with Crippen LogP contribution < -0.4 is 5.32 Å². The molecule has 0 aliphatic carbocycles. The van der Waals surface area contributed by atoms with E-state index < -0.39 is 9.84 Å². The first-order chi connectivity index (χ1) is 9.38. The molecule has 114 valence electrons. The molecule has 0 fully saturated rings. The normalized spacial score (nSPS) is 13.4. The average Bonchev–Trinajstić information content (AvgIpc) is 2.41. The predicted octanol–water partition coefficient (Wildman–Crippen LogP) is 2.65. The fraction of sp³-hybridized carbons (Fsp3) is 0.625. The monoisotopic (exact) mass is 297 g/mol. The average molecular weight is 297 g/mol. The third kappa shape index (κ3) is 5.63. The highest BCUT2D eigenvalue weighted by atomic mass is 32.2. The molecule has 0 aliphatic heterocycles. The molecule has 0 spiro atoms. The smallest absolute Gasteiger partial charge is 0.150 e. The number of nitrogens with one attached hydrogen (secondary N) is 1. The van der Waals surface area contributed by atoms with Crippen LogP contribution in [0.4, 0.5) is 0 Å². The van der Waals surface area contributed by atoms with Crippen LogP contribution in [-0.2, 0) is 16.3 Å². The molecule has 4 heteroatoms. The molecule has 0 amide bonds. The van der Waals surface area contributed by atoms with Crippen LogP contribution in [-0.4, -0.2) is 33.0 Å². The minimum atomic E-state index is -2.84. The third-order valence-electron chi connectivity index (χ3n) is 3.91. The third-order valence-corrected chi connectivity index (χ3v) is 5.70. The number of benzene rings is 1. The Hall–Kier alpha value is -0.870. The van der Waals surface area contributed by atoms with Crippen molar-refractivity contribution in [3.8, 4) is 0 Å². The molecule has 20 heavy (non-hydrogen) atoms. The molecular formula is C16H27NO2S. The molecule has 0 aliphatic rings. The van der Waals surface area contributed by atoms with Crippen LogP contribution in [0.15, 0.2) is 18.2 Å². The van der Waals surface area contributed by atoms with Crippen LogP contribution in [0.2, 0.25) is 0 Å². The molecule has 0 saturated carbocycles. The van der Waals surface area contributed by atoms with Crippen LogP contribution in [0.3, 0.4) is 0 Å². The summed E-state index contributed by atoms with van der Waals surface area (Å²) in [5.74, 6) is 0.545. The van der Waals surface area contributed by atoms with Crippen molar-refractivity contribution in [2.45, 2.75) is 46.1 Å². The number of likely N-dealkylation sites (N-methyl/N-ethyl adjacent to an activating group) is 1. The highest BCUT2D eigenvalue weighted by Gasteiger charge is 2.11. The van der Waals surface area contributed by atoms with E-state index in [2.05, 4.69) is 37.4 Å². The second-order valence-corrected chi connectivity index (χ2v) is 7.96. The molecule has 1 aromatic rings. The van der Waals surface area contributed by atoms with E-state index in [0.29, 0.717) is 11.8 Å². The van der Waals surface area contributed by atoms with Crippen LogP contribution in [0.1, 0.15) is 36.5 Å². The Kier molecular flexibility index (Phi) is 6.69. The van der Waals surface area contributed by atoms with Gasteiger partial charge in [-0.25, -0.2) is 8.42 Å². The van der Waals surface area contributed by atoms with Crippen molar-refractivity contribution in [3.05, 3.63) is 34.9 Å². The number of sulfone groups is 1. The van der Waals surface area contributed by atoms with Crippen molar-refractivity contribution in [3.63, 3.8) is 0 Å². The standard InChI is InChI=1S/C16H27NO2S/c1-5-20(18,19)10-6-7-16(17-4)12-15-9-8-13(2)14(3)11-15/h8-9,11,16-17H,5-7,10,12H2,1-4H3. The molecule has 1 N–H and O–H groups in total. The van der Waals surface area contributed by atoms with Gasteiger partial charge in [0.15, 0.2) is 0 Å². The summed E-state index contributed by atoms with van der Waals surface area (Å²) < 4.78 is 23.0. The summed E-state index contributed by atoms with van der Waals surface area (Å²) in [5, 5.41) is 3.29. The molecule has 1 rings (SSSR count). The lowest BCUT2D eigenvalue weighted by Crippen LogP contribution is -2.28. The van der Waals surface area contributed by atoms with Crippen molar-refractivity contribution >= 4 is 9.84 Å². The van der Waals surface area contributed by atoms with Gasteiger partial charge >= 0.3 is 0 Å². The van der Waals surface area contributed by atoms with E-state index in [1.807, 2.05) is 7.05 Å². The first kappa shape index (κ1) is 17.2. The van der Waals surface area contributed by atoms with E-state index in [0.717, 1.165) is 19.3 Å². The van der Waals surface area contributed by atoms with Gasteiger partial charge in [0.1, 0.15) is 9.84 Å². The minimum absolute atomic E-state index is 0.244. The van der Waals surface area contributed by atoms with Gasteiger partial charge in [-0.3, -0.25) is 0 Å². The fourth-order valence-electron chi connectivity index (χ4n) is 2.26. The lowest BCUT2D eigenvalue weighted by molar-refractivity contribution is 0.510. The highest BCUT2D eigenvalue weighted by Crippen LogP contribution is 2.13. The quantitative estimate of drug-likeness (QED) is 0.802. The number of rotatable bonds is 8. The van der Waals surface area contributed by atoms with Gasteiger partial charge in [-0.05, 0) is 56.8 Å². The summed E-state index contributed by atoms with van der Waals surface area (Å²) in [4.78, 5) is 0. The molecular weight excluding hydrogens is 270 g/mol. The van der Waals surface area contributed by atoms with Crippen molar-refractivity contribution in [1.29, 1.82) is 0 Å². The van der Waals surface area contributed by atoms with Gasteiger partial charge in [0.05, 0.1) is 5.75 Å². The van der Waals surface area contributed by atoms with Crippen LogP contribution in [0.5, 0.6) is 0 Å². The maximum absolute atomic E-state index is 11.5. The zero-order valence-corrected chi connectivity index (χ0v) is 13.9. The Bertz CT molecular complexity index is 523. The molecule has 1 atom stereocenters.